The summed E-state index contributed by atoms with van der Waals surface area (Å²) in [6.07, 6.45) is 0. The van der Waals surface area contributed by atoms with Gasteiger partial charge in [-0.2, -0.15) is 0 Å². The zero-order valence-electron chi connectivity index (χ0n) is 22.4. The predicted octanol–water partition coefficient (Wildman–Crippen LogP) is 7.63. The smallest absolute Gasteiger partial charge is 0.0410 e. The van der Waals surface area contributed by atoms with Crippen molar-refractivity contribution in [3.05, 3.63) is 58.7 Å². The molecule has 0 spiro atoms. The zero-order chi connectivity index (χ0) is 23.8. The molecule has 2 N–H and O–H groups in total. The van der Waals surface area contributed by atoms with Gasteiger partial charge in [-0.05, 0) is 53.0 Å². The van der Waals surface area contributed by atoms with Crippen molar-refractivity contribution in [2.75, 3.05) is 43.9 Å². The average molecular weight is 494 g/mol. The molecule has 33 heavy (non-hydrogen) atoms. The van der Waals surface area contributed by atoms with E-state index in [1.165, 1.54) is 33.6 Å². The first-order valence-electron chi connectivity index (χ1n) is 12.5. The maximum Gasteiger partial charge on any atom is 0.0410 e. The van der Waals surface area contributed by atoms with E-state index < -0.39 is 0 Å². The van der Waals surface area contributed by atoms with Crippen LogP contribution >= 0.6 is 0 Å². The fourth-order valence-electron chi connectivity index (χ4n) is 4.37. The SMILES string of the molecule is CC(C)c1cccc(C(C)C)c1NCCN(C)CCNc1c(C(C)C)cccc1C(C)C.[Fe]. The normalized spacial score (nSPS) is 11.6. The van der Waals surface area contributed by atoms with Crippen LogP contribution in [0.5, 0.6) is 0 Å². The molecule has 0 unspecified atom stereocenters. The third-order valence-corrected chi connectivity index (χ3v) is 6.34. The summed E-state index contributed by atoms with van der Waals surface area (Å²) < 4.78 is 0. The Bertz CT molecular complexity index is 721. The van der Waals surface area contributed by atoms with Gasteiger partial charge in [0.15, 0.2) is 0 Å². The Kier molecular flexibility index (Phi) is 12.6. The van der Waals surface area contributed by atoms with Gasteiger partial charge in [0.05, 0.1) is 0 Å². The van der Waals surface area contributed by atoms with Gasteiger partial charge in [0.2, 0.25) is 0 Å². The maximum atomic E-state index is 3.77. The number of rotatable bonds is 12. The van der Waals surface area contributed by atoms with E-state index in [4.69, 9.17) is 0 Å². The van der Waals surface area contributed by atoms with Crippen LogP contribution in [-0.2, 0) is 17.1 Å². The molecule has 0 atom stereocenters. The number of nitrogens with zero attached hydrogens (tertiary/aromatic N) is 1. The van der Waals surface area contributed by atoms with Crippen molar-refractivity contribution in [2.24, 2.45) is 0 Å². The molecule has 0 saturated heterocycles. The van der Waals surface area contributed by atoms with Crippen LogP contribution in [0.4, 0.5) is 11.4 Å². The molecule has 4 heteroatoms. The van der Waals surface area contributed by atoms with Gasteiger partial charge < -0.3 is 15.5 Å². The number of nitrogens with one attached hydrogen (secondary N) is 2. The second-order valence-corrected chi connectivity index (χ2v) is 10.4. The Morgan fingerprint density at radius 3 is 1.09 bits per heavy atom. The van der Waals surface area contributed by atoms with E-state index in [9.17, 15) is 0 Å². The van der Waals surface area contributed by atoms with Crippen molar-refractivity contribution in [3.8, 4) is 0 Å². The first kappa shape index (κ1) is 29.6. The number of hydrogen-bond acceptors (Lipinski definition) is 3. The molecule has 186 valence electrons. The van der Waals surface area contributed by atoms with Gasteiger partial charge in [0.25, 0.3) is 0 Å². The Morgan fingerprint density at radius 2 is 0.848 bits per heavy atom. The first-order valence-corrected chi connectivity index (χ1v) is 12.5. The first-order chi connectivity index (χ1) is 15.1. The van der Waals surface area contributed by atoms with Crippen LogP contribution in [0, 0.1) is 0 Å². The molecule has 0 amide bonds. The van der Waals surface area contributed by atoms with E-state index in [2.05, 4.69) is 114 Å². The van der Waals surface area contributed by atoms with Gasteiger partial charge >= 0.3 is 0 Å². The summed E-state index contributed by atoms with van der Waals surface area (Å²) in [5.41, 5.74) is 8.38. The minimum atomic E-state index is 0. The third-order valence-electron chi connectivity index (χ3n) is 6.34. The second-order valence-electron chi connectivity index (χ2n) is 10.4. The zero-order valence-corrected chi connectivity index (χ0v) is 23.5. The van der Waals surface area contributed by atoms with Gasteiger partial charge in [-0.1, -0.05) is 91.8 Å². The molecule has 0 aromatic heterocycles. The van der Waals surface area contributed by atoms with Crippen LogP contribution in [-0.4, -0.2) is 38.1 Å². The van der Waals surface area contributed by atoms with Gasteiger partial charge in [0.1, 0.15) is 0 Å². The number of anilines is 2. The van der Waals surface area contributed by atoms with Gasteiger partial charge in [-0.25, -0.2) is 0 Å². The average Bonchev–Trinajstić information content (AvgIpc) is 2.73. The summed E-state index contributed by atoms with van der Waals surface area (Å²) in [7, 11) is 2.22. The second kappa shape index (κ2) is 14.0. The number of likely N-dealkylation sites (N-methyl/N-ethyl adjacent to an activating group) is 1. The molecule has 0 saturated carbocycles. The molecular weight excluding hydrogens is 446 g/mol. The number of benzene rings is 2. The van der Waals surface area contributed by atoms with E-state index in [1.54, 1.807) is 0 Å². The van der Waals surface area contributed by atoms with Crippen LogP contribution in [0.3, 0.4) is 0 Å². The molecule has 0 aliphatic carbocycles. The van der Waals surface area contributed by atoms with Crippen LogP contribution in [0.15, 0.2) is 36.4 Å². The van der Waals surface area contributed by atoms with Crippen LogP contribution in [0.1, 0.15) is 101 Å². The molecule has 2 rings (SSSR count). The van der Waals surface area contributed by atoms with Gasteiger partial charge in [-0.3, -0.25) is 0 Å². The fourth-order valence-corrected chi connectivity index (χ4v) is 4.37. The maximum absolute atomic E-state index is 3.77. The van der Waals surface area contributed by atoms with Crippen molar-refractivity contribution in [1.29, 1.82) is 0 Å². The Labute approximate surface area is 214 Å². The summed E-state index contributed by atoms with van der Waals surface area (Å²) in [4.78, 5) is 2.42. The quantitative estimate of drug-likeness (QED) is 0.298. The minimum absolute atomic E-state index is 0. The third kappa shape index (κ3) is 8.35. The van der Waals surface area contributed by atoms with Crippen molar-refractivity contribution in [1.82, 2.24) is 4.90 Å². The van der Waals surface area contributed by atoms with Crippen molar-refractivity contribution < 1.29 is 17.1 Å². The molecule has 0 heterocycles. The van der Waals surface area contributed by atoms with Crippen molar-refractivity contribution in [3.63, 3.8) is 0 Å². The van der Waals surface area contributed by atoms with E-state index >= 15 is 0 Å². The van der Waals surface area contributed by atoms with Gasteiger partial charge in [0, 0.05) is 54.6 Å². The molecule has 3 nitrogen and oxygen atoms in total. The number of para-hydroxylation sites is 2. The predicted molar refractivity (Wildman–Crippen MR) is 144 cm³/mol. The molecule has 2 aromatic carbocycles. The topological polar surface area (TPSA) is 27.3 Å². The Hall–Kier alpha value is -1.48. The molecule has 0 aliphatic heterocycles. The summed E-state index contributed by atoms with van der Waals surface area (Å²) in [5, 5.41) is 7.54. The summed E-state index contributed by atoms with van der Waals surface area (Å²) in [5.74, 6) is 2.09. The van der Waals surface area contributed by atoms with Crippen molar-refractivity contribution >= 4 is 11.4 Å². The molecule has 0 aliphatic rings. The summed E-state index contributed by atoms with van der Waals surface area (Å²) in [6.45, 7) is 22.2. The minimum Gasteiger partial charge on any atom is -0.383 e. The van der Waals surface area contributed by atoms with E-state index in [0.717, 1.165) is 26.2 Å². The molecule has 0 fully saturated rings. The molecule has 0 radical (unpaired) electrons. The summed E-state index contributed by atoms with van der Waals surface area (Å²) >= 11 is 0. The van der Waals surface area contributed by atoms with E-state index in [-0.39, 0.29) is 17.1 Å². The van der Waals surface area contributed by atoms with Crippen molar-refractivity contribution in [2.45, 2.75) is 79.1 Å². The monoisotopic (exact) mass is 493 g/mol. The van der Waals surface area contributed by atoms with E-state index in [0.29, 0.717) is 23.7 Å². The standard InChI is InChI=1S/C29H47N3.Fe/c1-20(2)24-12-10-13-25(21(3)4)28(24)30-16-18-32(9)19-17-31-29-26(22(5)6)14-11-15-27(29)23(7)8;/h10-15,20-23,30-31H,16-19H2,1-9H3;. The molecule has 0 bridgehead atoms. The molecular formula is C29H47FeN3. The van der Waals surface area contributed by atoms with E-state index in [1.807, 2.05) is 0 Å². The van der Waals surface area contributed by atoms with Gasteiger partial charge in [-0.15, -0.1) is 0 Å². The fraction of sp³-hybridized carbons (Fsp3) is 0.586. The Morgan fingerprint density at radius 1 is 0.576 bits per heavy atom. The summed E-state index contributed by atoms with van der Waals surface area (Å²) in [6, 6.07) is 13.5. The Balaban J connectivity index is 0.00000544. The van der Waals surface area contributed by atoms with Crippen LogP contribution in [0.25, 0.3) is 0 Å². The van der Waals surface area contributed by atoms with Crippen LogP contribution in [0.2, 0.25) is 0 Å². The largest absolute Gasteiger partial charge is 0.383 e. The van der Waals surface area contributed by atoms with Crippen LogP contribution < -0.4 is 10.6 Å². The molecule has 2 aromatic rings. The number of hydrogen-bond donors (Lipinski definition) is 2.